The van der Waals surface area contributed by atoms with Crippen LogP contribution in [-0.2, 0) is 16.6 Å². The maximum absolute atomic E-state index is 13.4. The Morgan fingerprint density at radius 1 is 1.45 bits per heavy atom. The van der Waals surface area contributed by atoms with E-state index in [1.54, 1.807) is 11.8 Å². The molecule has 1 aromatic carbocycles. The minimum atomic E-state index is -3.74. The Bertz CT molecular complexity index is 549. The van der Waals surface area contributed by atoms with Crippen molar-refractivity contribution >= 4 is 21.8 Å². The predicted molar refractivity (Wildman–Crippen MR) is 81.7 cm³/mol. The average Bonchev–Trinajstić information content (AvgIpc) is 2.43. The highest BCUT2D eigenvalue weighted by molar-refractivity contribution is 7.98. The summed E-state index contributed by atoms with van der Waals surface area (Å²) < 4.78 is 40.0. The number of hydrogen-bond acceptors (Lipinski definition) is 4. The summed E-state index contributed by atoms with van der Waals surface area (Å²) in [5.74, 6) is 0.117. The summed E-state index contributed by atoms with van der Waals surface area (Å²) in [5.41, 5.74) is 5.98. The van der Waals surface area contributed by atoms with Gasteiger partial charge in [-0.2, -0.15) is 16.1 Å². The standard InChI is InChI=1S/C13H21FN2O2S2/c1-4-12(9-19-3)16(2)20(17,18)13-7-11(14)6-5-10(13)8-15/h5-7,12H,4,8-9,15H2,1-3H3. The van der Waals surface area contributed by atoms with Crippen molar-refractivity contribution < 1.29 is 12.8 Å². The fourth-order valence-electron chi connectivity index (χ4n) is 1.96. The molecule has 7 heteroatoms. The lowest BCUT2D eigenvalue weighted by Gasteiger charge is -2.26. The Labute approximate surface area is 124 Å². The van der Waals surface area contributed by atoms with E-state index >= 15 is 0 Å². The molecule has 2 N–H and O–H groups in total. The number of benzene rings is 1. The molecule has 20 heavy (non-hydrogen) atoms. The number of halogens is 1. The molecule has 0 fully saturated rings. The quantitative estimate of drug-likeness (QED) is 0.835. The first-order valence-electron chi connectivity index (χ1n) is 6.33. The molecule has 0 aliphatic carbocycles. The molecule has 1 aromatic rings. The van der Waals surface area contributed by atoms with Crippen molar-refractivity contribution in [2.75, 3.05) is 19.1 Å². The van der Waals surface area contributed by atoms with E-state index in [1.807, 2.05) is 13.2 Å². The van der Waals surface area contributed by atoms with Gasteiger partial charge in [0.2, 0.25) is 10.0 Å². The van der Waals surface area contributed by atoms with Gasteiger partial charge in [0.15, 0.2) is 0 Å². The van der Waals surface area contributed by atoms with Gasteiger partial charge in [-0.1, -0.05) is 13.0 Å². The third-order valence-electron chi connectivity index (χ3n) is 3.25. The van der Waals surface area contributed by atoms with Gasteiger partial charge >= 0.3 is 0 Å². The Hall–Kier alpha value is -0.630. The minimum absolute atomic E-state index is 0.0398. The van der Waals surface area contributed by atoms with E-state index in [0.29, 0.717) is 17.7 Å². The lowest BCUT2D eigenvalue weighted by atomic mass is 10.2. The molecule has 0 spiro atoms. The van der Waals surface area contributed by atoms with Crippen molar-refractivity contribution in [3.63, 3.8) is 0 Å². The molecule has 0 aromatic heterocycles. The first-order chi connectivity index (χ1) is 9.38. The maximum atomic E-state index is 13.4. The summed E-state index contributed by atoms with van der Waals surface area (Å²) in [6.45, 7) is 1.99. The van der Waals surface area contributed by atoms with E-state index in [2.05, 4.69) is 0 Å². The topological polar surface area (TPSA) is 63.4 Å². The molecule has 1 rings (SSSR count). The molecule has 114 valence electrons. The second kappa shape index (κ2) is 7.40. The molecule has 0 amide bonds. The third-order valence-corrected chi connectivity index (χ3v) is 5.96. The molecular formula is C13H21FN2O2S2. The summed E-state index contributed by atoms with van der Waals surface area (Å²) in [6.07, 6.45) is 2.63. The monoisotopic (exact) mass is 320 g/mol. The van der Waals surface area contributed by atoms with Crippen LogP contribution >= 0.6 is 11.8 Å². The summed E-state index contributed by atoms with van der Waals surface area (Å²) >= 11 is 1.58. The van der Waals surface area contributed by atoms with Crippen LogP contribution < -0.4 is 5.73 Å². The van der Waals surface area contributed by atoms with Crippen LogP contribution in [0.3, 0.4) is 0 Å². The number of hydrogen-bond donors (Lipinski definition) is 1. The van der Waals surface area contributed by atoms with Crippen molar-refractivity contribution in [1.82, 2.24) is 4.31 Å². The first-order valence-corrected chi connectivity index (χ1v) is 9.17. The smallest absolute Gasteiger partial charge is 0.243 e. The average molecular weight is 320 g/mol. The van der Waals surface area contributed by atoms with Crippen molar-refractivity contribution in [3.05, 3.63) is 29.6 Å². The van der Waals surface area contributed by atoms with Crippen molar-refractivity contribution in [3.8, 4) is 0 Å². The van der Waals surface area contributed by atoms with Gasteiger partial charge in [-0.25, -0.2) is 12.8 Å². The van der Waals surface area contributed by atoms with E-state index in [1.165, 1.54) is 23.5 Å². The Balaban J connectivity index is 3.25. The number of rotatable bonds is 7. The van der Waals surface area contributed by atoms with E-state index in [4.69, 9.17) is 5.73 Å². The molecule has 0 bridgehead atoms. The maximum Gasteiger partial charge on any atom is 0.243 e. The van der Waals surface area contributed by atoms with Crippen LogP contribution in [0.1, 0.15) is 18.9 Å². The Morgan fingerprint density at radius 3 is 2.60 bits per heavy atom. The Kier molecular flexibility index (Phi) is 6.44. The van der Waals surface area contributed by atoms with Crippen LogP contribution in [-0.4, -0.2) is 37.8 Å². The van der Waals surface area contributed by atoms with Crippen molar-refractivity contribution in [2.24, 2.45) is 5.73 Å². The van der Waals surface area contributed by atoms with Crippen LogP contribution in [0.15, 0.2) is 23.1 Å². The number of nitrogens with two attached hydrogens (primary N) is 1. The fraction of sp³-hybridized carbons (Fsp3) is 0.538. The number of thioether (sulfide) groups is 1. The zero-order chi connectivity index (χ0) is 15.3. The van der Waals surface area contributed by atoms with Crippen LogP contribution in [0.5, 0.6) is 0 Å². The molecule has 0 aliphatic rings. The lowest BCUT2D eigenvalue weighted by molar-refractivity contribution is 0.385. The molecule has 0 saturated carbocycles. The zero-order valence-electron chi connectivity index (χ0n) is 12.0. The largest absolute Gasteiger partial charge is 0.326 e. The van der Waals surface area contributed by atoms with Crippen LogP contribution in [0.2, 0.25) is 0 Å². The number of sulfonamides is 1. The Morgan fingerprint density at radius 2 is 2.10 bits per heavy atom. The van der Waals surface area contributed by atoms with E-state index in [9.17, 15) is 12.8 Å². The van der Waals surface area contributed by atoms with Crippen molar-refractivity contribution in [1.29, 1.82) is 0 Å². The molecule has 0 heterocycles. The van der Waals surface area contributed by atoms with Gasteiger partial charge in [-0.15, -0.1) is 0 Å². The zero-order valence-corrected chi connectivity index (χ0v) is 13.6. The van der Waals surface area contributed by atoms with E-state index in [-0.39, 0.29) is 17.5 Å². The van der Waals surface area contributed by atoms with Gasteiger partial charge < -0.3 is 5.73 Å². The molecule has 0 aliphatic heterocycles. The van der Waals surface area contributed by atoms with Crippen LogP contribution in [0.25, 0.3) is 0 Å². The molecule has 0 saturated heterocycles. The molecule has 1 atom stereocenters. The lowest BCUT2D eigenvalue weighted by Crippen LogP contribution is -2.38. The van der Waals surface area contributed by atoms with Gasteiger partial charge in [-0.05, 0) is 30.4 Å². The van der Waals surface area contributed by atoms with E-state index < -0.39 is 15.8 Å². The summed E-state index contributed by atoms with van der Waals surface area (Å²) in [4.78, 5) is -0.0398. The van der Waals surface area contributed by atoms with Crippen LogP contribution in [0.4, 0.5) is 4.39 Å². The summed E-state index contributed by atoms with van der Waals surface area (Å²) in [7, 11) is -2.21. The van der Waals surface area contributed by atoms with Gasteiger partial charge in [0, 0.05) is 25.4 Å². The summed E-state index contributed by atoms with van der Waals surface area (Å²) in [6, 6.07) is 3.56. The van der Waals surface area contributed by atoms with Crippen molar-refractivity contribution in [2.45, 2.75) is 30.8 Å². The molecule has 4 nitrogen and oxygen atoms in total. The minimum Gasteiger partial charge on any atom is -0.326 e. The second-order valence-electron chi connectivity index (χ2n) is 4.49. The third kappa shape index (κ3) is 3.72. The van der Waals surface area contributed by atoms with Gasteiger partial charge in [0.1, 0.15) is 5.82 Å². The molecule has 1 unspecified atom stereocenters. The van der Waals surface area contributed by atoms with Gasteiger partial charge in [-0.3, -0.25) is 0 Å². The SMILES string of the molecule is CCC(CSC)N(C)S(=O)(=O)c1cc(F)ccc1CN. The summed E-state index contributed by atoms with van der Waals surface area (Å²) in [5, 5.41) is 0. The second-order valence-corrected chi connectivity index (χ2v) is 7.37. The normalized spacial score (nSPS) is 13.7. The highest BCUT2D eigenvalue weighted by atomic mass is 32.2. The molecular weight excluding hydrogens is 299 g/mol. The van der Waals surface area contributed by atoms with Gasteiger partial charge in [0.25, 0.3) is 0 Å². The number of nitrogens with zero attached hydrogens (tertiary/aromatic N) is 1. The molecule has 0 radical (unpaired) electrons. The fourth-order valence-corrected chi connectivity index (χ4v) is 4.57. The van der Waals surface area contributed by atoms with E-state index in [0.717, 1.165) is 6.07 Å². The highest BCUT2D eigenvalue weighted by Crippen LogP contribution is 2.23. The highest BCUT2D eigenvalue weighted by Gasteiger charge is 2.28. The predicted octanol–water partition coefficient (Wildman–Crippen LogP) is 2.05. The van der Waals surface area contributed by atoms with Gasteiger partial charge in [0.05, 0.1) is 4.90 Å². The van der Waals surface area contributed by atoms with Crippen LogP contribution in [0, 0.1) is 5.82 Å². The first kappa shape index (κ1) is 17.4.